The molecule has 1 aromatic heterocycles. The summed E-state index contributed by atoms with van der Waals surface area (Å²) < 4.78 is 1.95. The van der Waals surface area contributed by atoms with E-state index in [0.29, 0.717) is 11.6 Å². The molecule has 7 heteroatoms. The highest BCUT2D eigenvalue weighted by atomic mass is 35.5. The fourth-order valence-electron chi connectivity index (χ4n) is 1.66. The van der Waals surface area contributed by atoms with E-state index >= 15 is 0 Å². The van der Waals surface area contributed by atoms with Crippen molar-refractivity contribution >= 4 is 17.3 Å². The van der Waals surface area contributed by atoms with Crippen molar-refractivity contribution in [1.82, 2.24) is 14.9 Å². The average molecular weight is 281 g/mol. The van der Waals surface area contributed by atoms with Gasteiger partial charge in [-0.25, -0.2) is 4.98 Å². The first-order valence-corrected chi connectivity index (χ1v) is 6.14. The van der Waals surface area contributed by atoms with E-state index in [1.165, 1.54) is 12.1 Å². The van der Waals surface area contributed by atoms with Gasteiger partial charge in [0, 0.05) is 49.2 Å². The topological polar surface area (TPSA) is 73.0 Å². The van der Waals surface area contributed by atoms with Gasteiger partial charge >= 0.3 is 0 Å². The Morgan fingerprint density at radius 3 is 3.00 bits per heavy atom. The Kier molecular flexibility index (Phi) is 4.48. The minimum Gasteiger partial charge on any atom is -0.336 e. The first kappa shape index (κ1) is 13.5. The van der Waals surface area contributed by atoms with Gasteiger partial charge in [0.15, 0.2) is 0 Å². The number of halogens is 1. The zero-order chi connectivity index (χ0) is 13.7. The molecule has 6 nitrogen and oxygen atoms in total. The smallest absolute Gasteiger partial charge is 0.269 e. The Bertz CT molecular complexity index is 557. The summed E-state index contributed by atoms with van der Waals surface area (Å²) in [5, 5.41) is 14.4. The van der Waals surface area contributed by atoms with Crippen LogP contribution < -0.4 is 5.32 Å². The molecule has 0 saturated carbocycles. The lowest BCUT2D eigenvalue weighted by molar-refractivity contribution is -0.384. The number of imidazole rings is 1. The number of non-ortho nitro benzene ring substituents is 1. The standard InChI is InChI=1S/C12H13ClN4O2/c13-12-2-1-11(17(18)19)7-10(12)8-14-3-5-16-6-4-15-9-16/h1-2,4,6-7,9,14H,3,5,8H2. The van der Waals surface area contributed by atoms with Crippen LogP contribution >= 0.6 is 11.6 Å². The summed E-state index contributed by atoms with van der Waals surface area (Å²) in [6, 6.07) is 4.44. The molecule has 0 fully saturated rings. The first-order chi connectivity index (χ1) is 9.16. The van der Waals surface area contributed by atoms with Crippen molar-refractivity contribution in [3.8, 4) is 0 Å². The van der Waals surface area contributed by atoms with E-state index in [0.717, 1.165) is 18.7 Å². The highest BCUT2D eigenvalue weighted by molar-refractivity contribution is 6.31. The molecule has 0 aliphatic rings. The third kappa shape index (κ3) is 3.77. The predicted octanol–water partition coefficient (Wildman–Crippen LogP) is 2.23. The molecular formula is C12H13ClN4O2. The Hall–Kier alpha value is -1.92. The first-order valence-electron chi connectivity index (χ1n) is 5.76. The van der Waals surface area contributed by atoms with E-state index < -0.39 is 4.92 Å². The summed E-state index contributed by atoms with van der Waals surface area (Å²) in [4.78, 5) is 14.2. The van der Waals surface area contributed by atoms with Crippen molar-refractivity contribution in [3.63, 3.8) is 0 Å². The number of nitrogens with one attached hydrogen (secondary N) is 1. The average Bonchev–Trinajstić information content (AvgIpc) is 2.89. The summed E-state index contributed by atoms with van der Waals surface area (Å²) in [5.41, 5.74) is 0.775. The molecular weight excluding hydrogens is 268 g/mol. The molecule has 1 heterocycles. The molecule has 19 heavy (non-hydrogen) atoms. The van der Waals surface area contributed by atoms with Gasteiger partial charge in [0.25, 0.3) is 5.69 Å². The molecule has 2 aromatic rings. The maximum Gasteiger partial charge on any atom is 0.269 e. The largest absolute Gasteiger partial charge is 0.336 e. The number of rotatable bonds is 6. The van der Waals surface area contributed by atoms with E-state index in [1.807, 2.05) is 10.8 Å². The summed E-state index contributed by atoms with van der Waals surface area (Å²) in [6.07, 6.45) is 5.33. The fourth-order valence-corrected chi connectivity index (χ4v) is 1.84. The van der Waals surface area contributed by atoms with Crippen molar-refractivity contribution in [2.45, 2.75) is 13.1 Å². The molecule has 1 aromatic carbocycles. The second-order valence-corrected chi connectivity index (χ2v) is 4.42. The van der Waals surface area contributed by atoms with Crippen LogP contribution in [0.15, 0.2) is 36.9 Å². The van der Waals surface area contributed by atoms with Crippen LogP contribution in [0.4, 0.5) is 5.69 Å². The number of nitro groups is 1. The van der Waals surface area contributed by atoms with Gasteiger partial charge in [0.05, 0.1) is 11.3 Å². The molecule has 0 unspecified atom stereocenters. The second-order valence-electron chi connectivity index (χ2n) is 4.01. The molecule has 0 saturated heterocycles. The van der Waals surface area contributed by atoms with Gasteiger partial charge in [-0.2, -0.15) is 0 Å². The zero-order valence-corrected chi connectivity index (χ0v) is 10.9. The number of nitro benzene ring substituents is 1. The second kappa shape index (κ2) is 6.31. The highest BCUT2D eigenvalue weighted by Crippen LogP contribution is 2.21. The van der Waals surface area contributed by atoms with Crippen LogP contribution in [-0.2, 0) is 13.1 Å². The number of aromatic nitrogens is 2. The molecule has 0 amide bonds. The van der Waals surface area contributed by atoms with Crippen molar-refractivity contribution in [3.05, 3.63) is 57.6 Å². The maximum absolute atomic E-state index is 10.7. The van der Waals surface area contributed by atoms with Gasteiger partial charge in [-0.1, -0.05) is 11.6 Å². The van der Waals surface area contributed by atoms with Crippen LogP contribution in [0.2, 0.25) is 5.02 Å². The van der Waals surface area contributed by atoms with Crippen molar-refractivity contribution in [2.75, 3.05) is 6.54 Å². The maximum atomic E-state index is 10.7. The van der Waals surface area contributed by atoms with Gasteiger partial charge in [-0.15, -0.1) is 0 Å². The van der Waals surface area contributed by atoms with Crippen LogP contribution in [0.5, 0.6) is 0 Å². The fraction of sp³-hybridized carbons (Fsp3) is 0.250. The van der Waals surface area contributed by atoms with Gasteiger partial charge in [-0.05, 0) is 11.6 Å². The number of hydrogen-bond acceptors (Lipinski definition) is 4. The zero-order valence-electron chi connectivity index (χ0n) is 10.1. The number of hydrogen-bond donors (Lipinski definition) is 1. The van der Waals surface area contributed by atoms with E-state index in [4.69, 9.17) is 11.6 Å². The lowest BCUT2D eigenvalue weighted by atomic mass is 10.2. The van der Waals surface area contributed by atoms with Crippen LogP contribution in [0.25, 0.3) is 0 Å². The quantitative estimate of drug-likeness (QED) is 0.500. The van der Waals surface area contributed by atoms with E-state index in [2.05, 4.69) is 10.3 Å². The molecule has 0 radical (unpaired) electrons. The predicted molar refractivity (Wildman–Crippen MR) is 72.0 cm³/mol. The molecule has 0 aliphatic heterocycles. The minimum absolute atomic E-state index is 0.0517. The Morgan fingerprint density at radius 1 is 1.47 bits per heavy atom. The number of nitrogens with zero attached hydrogens (tertiary/aromatic N) is 3. The van der Waals surface area contributed by atoms with Crippen LogP contribution in [0, 0.1) is 10.1 Å². The lowest BCUT2D eigenvalue weighted by Crippen LogP contribution is -2.19. The van der Waals surface area contributed by atoms with Crippen LogP contribution in [0.3, 0.4) is 0 Å². The van der Waals surface area contributed by atoms with Gasteiger partial charge < -0.3 is 9.88 Å². The Balaban J connectivity index is 1.88. The van der Waals surface area contributed by atoms with Crippen molar-refractivity contribution in [2.24, 2.45) is 0 Å². The minimum atomic E-state index is -0.425. The third-order valence-electron chi connectivity index (χ3n) is 2.66. The van der Waals surface area contributed by atoms with Gasteiger partial charge in [-0.3, -0.25) is 10.1 Å². The summed E-state index contributed by atoms with van der Waals surface area (Å²) in [7, 11) is 0. The lowest BCUT2D eigenvalue weighted by Gasteiger charge is -2.07. The Labute approximate surface area is 115 Å². The molecule has 0 atom stereocenters. The molecule has 0 bridgehead atoms. The summed E-state index contributed by atoms with van der Waals surface area (Å²) >= 11 is 6.00. The van der Waals surface area contributed by atoms with Crippen LogP contribution in [-0.4, -0.2) is 21.0 Å². The third-order valence-corrected chi connectivity index (χ3v) is 3.03. The summed E-state index contributed by atoms with van der Waals surface area (Å²) in [6.45, 7) is 2.01. The van der Waals surface area contributed by atoms with Crippen molar-refractivity contribution < 1.29 is 4.92 Å². The summed E-state index contributed by atoms with van der Waals surface area (Å²) in [5.74, 6) is 0. The van der Waals surface area contributed by atoms with Crippen LogP contribution in [0.1, 0.15) is 5.56 Å². The molecule has 100 valence electrons. The molecule has 2 rings (SSSR count). The normalized spacial score (nSPS) is 10.6. The SMILES string of the molecule is O=[N+]([O-])c1ccc(Cl)c(CNCCn2ccnc2)c1. The van der Waals surface area contributed by atoms with Crippen molar-refractivity contribution in [1.29, 1.82) is 0 Å². The molecule has 1 N–H and O–H groups in total. The highest BCUT2D eigenvalue weighted by Gasteiger charge is 2.09. The van der Waals surface area contributed by atoms with Gasteiger partial charge in [0.2, 0.25) is 0 Å². The number of benzene rings is 1. The molecule has 0 spiro atoms. The monoisotopic (exact) mass is 280 g/mol. The molecule has 0 aliphatic carbocycles. The Morgan fingerprint density at radius 2 is 2.32 bits per heavy atom. The van der Waals surface area contributed by atoms with E-state index in [9.17, 15) is 10.1 Å². The van der Waals surface area contributed by atoms with E-state index in [1.54, 1.807) is 18.6 Å². The van der Waals surface area contributed by atoms with Gasteiger partial charge in [0.1, 0.15) is 0 Å². The van der Waals surface area contributed by atoms with E-state index in [-0.39, 0.29) is 5.69 Å².